The highest BCUT2D eigenvalue weighted by Gasteiger charge is 2.07. The zero-order chi connectivity index (χ0) is 18.4. The molecule has 6 nitrogen and oxygen atoms in total. The fourth-order valence-corrected chi connectivity index (χ4v) is 3.30. The highest BCUT2D eigenvalue weighted by Crippen LogP contribution is 2.25. The van der Waals surface area contributed by atoms with Crippen molar-refractivity contribution in [1.82, 2.24) is 10.4 Å². The van der Waals surface area contributed by atoms with Gasteiger partial charge in [-0.05, 0) is 24.3 Å². The minimum atomic E-state index is -2.44. The van der Waals surface area contributed by atoms with Crippen LogP contribution in [0.5, 0.6) is 0 Å². The Hall–Kier alpha value is -2.46. The summed E-state index contributed by atoms with van der Waals surface area (Å²) in [6.07, 6.45) is 1.31. The lowest BCUT2D eigenvalue weighted by atomic mass is 10.3. The van der Waals surface area contributed by atoms with E-state index in [2.05, 4.69) is 20.8 Å². The summed E-state index contributed by atoms with van der Waals surface area (Å²) in [5.41, 5.74) is 3.23. The van der Waals surface area contributed by atoms with E-state index in [4.69, 9.17) is 4.42 Å². The summed E-state index contributed by atoms with van der Waals surface area (Å²) in [5, 5.41) is 7.36. The predicted molar refractivity (Wildman–Crippen MR) is 99.9 cm³/mol. The second-order valence-electron chi connectivity index (χ2n) is 5.01. The molecule has 0 radical (unpaired) electrons. The third-order valence-corrected chi connectivity index (χ3v) is 4.81. The zero-order valence-corrected chi connectivity index (χ0v) is 14.9. The van der Waals surface area contributed by atoms with Crippen LogP contribution < -0.4 is 10.7 Å². The van der Waals surface area contributed by atoms with Crippen LogP contribution in [0.4, 0.5) is 13.9 Å². The third-order valence-electron chi connectivity index (χ3n) is 3.11. The zero-order valence-electron chi connectivity index (χ0n) is 13.3. The van der Waals surface area contributed by atoms with Crippen LogP contribution in [0, 0.1) is 0 Å². The number of hydrazone groups is 1. The summed E-state index contributed by atoms with van der Waals surface area (Å²) in [4.78, 5) is 16.1. The van der Waals surface area contributed by atoms with Gasteiger partial charge in [0.2, 0.25) is 0 Å². The molecular weight excluding hydrogens is 382 g/mol. The highest BCUT2D eigenvalue weighted by molar-refractivity contribution is 7.98. The lowest BCUT2D eigenvalue weighted by Crippen LogP contribution is -2.25. The number of halogens is 2. The van der Waals surface area contributed by atoms with E-state index in [1.54, 1.807) is 12.1 Å². The van der Waals surface area contributed by atoms with Crippen molar-refractivity contribution in [3.05, 3.63) is 47.9 Å². The molecule has 0 atom stereocenters. The molecule has 2 N–H and O–H groups in total. The summed E-state index contributed by atoms with van der Waals surface area (Å²) in [7, 11) is 0. The molecule has 0 aliphatic heterocycles. The number of nitrogens with zero attached hydrogens (tertiary/aromatic N) is 2. The Morgan fingerprint density at radius 3 is 3.00 bits per heavy atom. The van der Waals surface area contributed by atoms with Gasteiger partial charge in [0.05, 0.1) is 28.7 Å². The van der Waals surface area contributed by atoms with Gasteiger partial charge in [-0.2, -0.15) is 13.9 Å². The number of nitrogens with one attached hydrogen (secondary N) is 2. The van der Waals surface area contributed by atoms with Gasteiger partial charge < -0.3 is 9.73 Å². The average molecular weight is 396 g/mol. The normalized spacial score (nSPS) is 11.5. The van der Waals surface area contributed by atoms with Crippen molar-refractivity contribution in [1.29, 1.82) is 0 Å². The Labute approximate surface area is 155 Å². The number of rotatable bonds is 8. The Bertz CT molecular complexity index is 877. The molecule has 1 amide bonds. The fourth-order valence-electron chi connectivity index (χ4n) is 2.00. The van der Waals surface area contributed by atoms with E-state index in [1.807, 2.05) is 24.3 Å². The number of para-hydroxylation sites is 1. The minimum absolute atomic E-state index is 0.0194. The number of benzene rings is 1. The summed E-state index contributed by atoms with van der Waals surface area (Å²) in [6.45, 7) is 0.0194. The molecule has 0 spiro atoms. The SMILES string of the molecule is O=C(CNc1nc2ccccc2s1)N/N=C\c1ccc(CSC(F)F)o1. The molecule has 0 unspecified atom stereocenters. The quantitative estimate of drug-likeness (QED) is 0.446. The number of furan rings is 1. The van der Waals surface area contributed by atoms with E-state index < -0.39 is 5.76 Å². The number of aromatic nitrogens is 1. The van der Waals surface area contributed by atoms with Crippen molar-refractivity contribution < 1.29 is 18.0 Å². The molecule has 3 aromatic rings. The van der Waals surface area contributed by atoms with Crippen LogP contribution in [0.25, 0.3) is 10.2 Å². The maximum Gasteiger partial charge on any atom is 0.284 e. The van der Waals surface area contributed by atoms with Gasteiger partial charge in [0.1, 0.15) is 11.5 Å². The highest BCUT2D eigenvalue weighted by atomic mass is 32.2. The van der Waals surface area contributed by atoms with Gasteiger partial charge in [-0.1, -0.05) is 35.2 Å². The average Bonchev–Trinajstić information content (AvgIpc) is 3.24. The van der Waals surface area contributed by atoms with Crippen molar-refractivity contribution in [3.63, 3.8) is 0 Å². The molecule has 0 fully saturated rings. The first-order valence-corrected chi connectivity index (χ1v) is 9.36. The number of amides is 1. The number of carbonyl (C=O) groups excluding carboxylic acids is 1. The molecule has 3 rings (SSSR count). The van der Waals surface area contributed by atoms with Gasteiger partial charge in [-0.15, -0.1) is 0 Å². The Balaban J connectivity index is 1.44. The summed E-state index contributed by atoms with van der Waals surface area (Å²) in [6, 6.07) is 10.9. The molecular formula is C16H14F2N4O2S2. The summed E-state index contributed by atoms with van der Waals surface area (Å²) in [5.74, 6) is -1.93. The Morgan fingerprint density at radius 1 is 1.35 bits per heavy atom. The Morgan fingerprint density at radius 2 is 2.19 bits per heavy atom. The van der Waals surface area contributed by atoms with Crippen LogP contribution in [0.15, 0.2) is 45.9 Å². The fraction of sp³-hybridized carbons (Fsp3) is 0.188. The van der Waals surface area contributed by atoms with Gasteiger partial charge in [0.15, 0.2) is 5.13 Å². The standard InChI is InChI=1S/C16H14F2N4O2S2/c17-15(18)25-9-11-6-5-10(24-11)7-20-22-14(23)8-19-16-21-12-3-1-2-4-13(12)26-16/h1-7,15H,8-9H2,(H,19,21)(H,22,23)/b20-7-. The number of alkyl halides is 2. The molecule has 0 aliphatic rings. The van der Waals surface area contributed by atoms with E-state index in [9.17, 15) is 13.6 Å². The molecule has 0 saturated heterocycles. The van der Waals surface area contributed by atoms with Crippen LogP contribution >= 0.6 is 23.1 Å². The van der Waals surface area contributed by atoms with Crippen molar-refractivity contribution >= 4 is 50.6 Å². The van der Waals surface area contributed by atoms with Crippen molar-refractivity contribution in [2.45, 2.75) is 11.5 Å². The number of hydrogen-bond donors (Lipinski definition) is 2. The summed E-state index contributed by atoms with van der Waals surface area (Å²) >= 11 is 1.94. The van der Waals surface area contributed by atoms with E-state index in [0.29, 0.717) is 28.4 Å². The number of fused-ring (bicyclic) bond motifs is 1. The van der Waals surface area contributed by atoms with E-state index >= 15 is 0 Å². The van der Waals surface area contributed by atoms with E-state index in [0.717, 1.165) is 10.2 Å². The van der Waals surface area contributed by atoms with Crippen LogP contribution in [-0.2, 0) is 10.5 Å². The van der Waals surface area contributed by atoms with Gasteiger partial charge in [0, 0.05) is 0 Å². The van der Waals surface area contributed by atoms with Gasteiger partial charge in [-0.25, -0.2) is 10.4 Å². The molecule has 10 heteroatoms. The maximum atomic E-state index is 12.1. The second kappa shape index (κ2) is 8.77. The first-order valence-electron chi connectivity index (χ1n) is 7.50. The first-order chi connectivity index (χ1) is 12.6. The number of carbonyl (C=O) groups is 1. The molecule has 2 heterocycles. The summed E-state index contributed by atoms with van der Waals surface area (Å²) < 4.78 is 30.6. The van der Waals surface area contributed by atoms with Crippen molar-refractivity contribution in [3.8, 4) is 0 Å². The van der Waals surface area contributed by atoms with Crippen LogP contribution in [0.2, 0.25) is 0 Å². The predicted octanol–water partition coefficient (Wildman–Crippen LogP) is 3.91. The van der Waals surface area contributed by atoms with Crippen molar-refractivity contribution in [2.75, 3.05) is 11.9 Å². The first kappa shape index (κ1) is 18.3. The number of thioether (sulfide) groups is 1. The van der Waals surface area contributed by atoms with Crippen LogP contribution in [0.3, 0.4) is 0 Å². The van der Waals surface area contributed by atoms with E-state index in [1.165, 1.54) is 17.6 Å². The topological polar surface area (TPSA) is 79.5 Å². The molecule has 136 valence electrons. The number of thiazole rings is 1. The number of hydrogen-bond acceptors (Lipinski definition) is 7. The molecule has 0 bridgehead atoms. The Kier molecular flexibility index (Phi) is 6.18. The molecule has 2 aromatic heterocycles. The van der Waals surface area contributed by atoms with Crippen LogP contribution in [0.1, 0.15) is 11.5 Å². The van der Waals surface area contributed by atoms with Gasteiger partial charge >= 0.3 is 0 Å². The lowest BCUT2D eigenvalue weighted by molar-refractivity contribution is -0.119. The largest absolute Gasteiger partial charge is 0.459 e. The van der Waals surface area contributed by atoms with E-state index in [-0.39, 0.29) is 18.2 Å². The lowest BCUT2D eigenvalue weighted by Gasteiger charge is -2.00. The second-order valence-corrected chi connectivity index (χ2v) is 7.02. The van der Waals surface area contributed by atoms with Gasteiger partial charge in [0.25, 0.3) is 11.7 Å². The molecule has 1 aromatic carbocycles. The third kappa shape index (κ3) is 5.27. The smallest absolute Gasteiger partial charge is 0.284 e. The van der Waals surface area contributed by atoms with Crippen LogP contribution in [-0.4, -0.2) is 29.4 Å². The maximum absolute atomic E-state index is 12.1. The minimum Gasteiger partial charge on any atom is -0.459 e. The molecule has 0 saturated carbocycles. The number of anilines is 1. The molecule has 0 aliphatic carbocycles. The monoisotopic (exact) mass is 396 g/mol. The molecule has 26 heavy (non-hydrogen) atoms. The van der Waals surface area contributed by atoms with Crippen molar-refractivity contribution in [2.24, 2.45) is 5.10 Å². The van der Waals surface area contributed by atoms with Gasteiger partial charge in [-0.3, -0.25) is 4.79 Å².